The number of aryl methyl sites for hydroxylation is 1. The molecule has 1 aromatic carbocycles. The fourth-order valence-corrected chi connectivity index (χ4v) is 4.39. The van der Waals surface area contributed by atoms with Gasteiger partial charge in [0.15, 0.2) is 13.2 Å². The number of halogens is 3. The molecule has 3 aliphatic carbocycles. The van der Waals surface area contributed by atoms with Crippen LogP contribution in [-0.2, 0) is 9.59 Å². The van der Waals surface area contributed by atoms with E-state index in [1.165, 1.54) is 18.3 Å². The van der Waals surface area contributed by atoms with Gasteiger partial charge in [-0.3, -0.25) is 9.59 Å². The molecule has 3 fully saturated rings. The minimum absolute atomic E-state index is 0.0112. The number of aromatic nitrogens is 1. The van der Waals surface area contributed by atoms with E-state index in [-0.39, 0.29) is 46.9 Å². The lowest BCUT2D eigenvalue weighted by molar-refractivity contribution is -0.151. The third-order valence-corrected chi connectivity index (χ3v) is 6.18. The molecule has 3 saturated carbocycles. The Morgan fingerprint density at radius 1 is 1.03 bits per heavy atom. The second-order valence-electron chi connectivity index (χ2n) is 8.11. The molecule has 2 N–H and O–H groups in total. The third-order valence-electron chi connectivity index (χ3n) is 5.47. The molecule has 2 bridgehead atoms. The molecule has 0 spiro atoms. The lowest BCUT2D eigenvalue weighted by Gasteiger charge is -2.70. The maximum absolute atomic E-state index is 13.4. The number of amides is 2. The Balaban J connectivity index is 1.17. The number of hydrogen-bond donors (Lipinski definition) is 2. The molecule has 2 amide bonds. The van der Waals surface area contributed by atoms with Crippen LogP contribution >= 0.6 is 23.2 Å². The van der Waals surface area contributed by atoms with Crippen molar-refractivity contribution in [1.82, 2.24) is 15.6 Å². The highest BCUT2D eigenvalue weighted by Gasteiger charge is 2.69. The number of rotatable bonds is 8. The van der Waals surface area contributed by atoms with Crippen molar-refractivity contribution >= 4 is 35.0 Å². The summed E-state index contributed by atoms with van der Waals surface area (Å²) in [5.74, 6) is -0.602. The number of hydrogen-bond acceptors (Lipinski definition) is 5. The largest absolute Gasteiger partial charge is 0.484 e. The molecule has 2 aromatic rings. The van der Waals surface area contributed by atoms with E-state index >= 15 is 0 Å². The molecule has 7 nitrogen and oxygen atoms in total. The smallest absolute Gasteiger partial charge is 0.258 e. The van der Waals surface area contributed by atoms with E-state index in [2.05, 4.69) is 15.6 Å². The van der Waals surface area contributed by atoms with Gasteiger partial charge in [-0.05, 0) is 43.9 Å². The van der Waals surface area contributed by atoms with Crippen LogP contribution in [0, 0.1) is 12.7 Å². The molecule has 3 aliphatic rings. The highest BCUT2D eigenvalue weighted by molar-refractivity contribution is 6.31. The molecule has 10 heteroatoms. The minimum atomic E-state index is -0.609. The van der Waals surface area contributed by atoms with Crippen LogP contribution in [0.5, 0.6) is 11.6 Å². The van der Waals surface area contributed by atoms with Gasteiger partial charge < -0.3 is 20.1 Å². The van der Waals surface area contributed by atoms with Crippen molar-refractivity contribution in [3.05, 3.63) is 51.9 Å². The van der Waals surface area contributed by atoms with E-state index in [1.807, 2.05) is 6.92 Å². The summed E-state index contributed by atoms with van der Waals surface area (Å²) < 4.78 is 24.1. The van der Waals surface area contributed by atoms with Crippen molar-refractivity contribution in [2.75, 3.05) is 13.2 Å². The van der Waals surface area contributed by atoms with E-state index in [4.69, 9.17) is 32.7 Å². The fourth-order valence-electron chi connectivity index (χ4n) is 4.16. The Bertz CT molecular complexity index is 950. The summed E-state index contributed by atoms with van der Waals surface area (Å²) in [5, 5.41) is 6.42. The average Bonchev–Trinajstić information content (AvgIpc) is 2.67. The number of nitrogens with zero attached hydrogens (tertiary/aromatic N) is 1. The van der Waals surface area contributed by atoms with Gasteiger partial charge in [-0.25, -0.2) is 9.37 Å². The standard InChI is InChI=1S/C21H20Cl2FN3O4/c1-12-4-19(25-6-15(12)23)31-8-18(29)27-21-9-20(10-21,11-21)26-17(28)7-30-13-2-3-14(22)16(24)5-13/h2-6H,7-11H2,1H3,(H,26,28)(H,27,29). The van der Waals surface area contributed by atoms with E-state index < -0.39 is 5.82 Å². The molecule has 5 rings (SSSR count). The monoisotopic (exact) mass is 467 g/mol. The Hall–Kier alpha value is -2.58. The SMILES string of the molecule is Cc1cc(OCC(=O)NC23CC(NC(=O)COc4ccc(Cl)c(F)c4)(C2)C3)ncc1Cl. The van der Waals surface area contributed by atoms with E-state index in [0.717, 1.165) is 11.6 Å². The second kappa shape index (κ2) is 8.16. The van der Waals surface area contributed by atoms with Gasteiger partial charge in [-0.1, -0.05) is 23.2 Å². The number of carbonyl (C=O) groups is 2. The molecular weight excluding hydrogens is 448 g/mol. The predicted octanol–water partition coefficient (Wildman–Crippen LogP) is 3.20. The Labute approximate surface area is 188 Å². The van der Waals surface area contributed by atoms with Crippen LogP contribution in [0.2, 0.25) is 10.0 Å². The van der Waals surface area contributed by atoms with Gasteiger partial charge in [0, 0.05) is 29.4 Å². The fraction of sp³-hybridized carbons (Fsp3) is 0.381. The van der Waals surface area contributed by atoms with Crippen molar-refractivity contribution in [3.63, 3.8) is 0 Å². The van der Waals surface area contributed by atoms with Crippen LogP contribution in [0.15, 0.2) is 30.5 Å². The van der Waals surface area contributed by atoms with Crippen LogP contribution in [0.25, 0.3) is 0 Å². The average molecular weight is 468 g/mol. The van der Waals surface area contributed by atoms with Crippen molar-refractivity contribution in [2.45, 2.75) is 37.3 Å². The van der Waals surface area contributed by atoms with Crippen LogP contribution in [0.3, 0.4) is 0 Å². The molecule has 0 radical (unpaired) electrons. The number of carbonyl (C=O) groups excluding carboxylic acids is 2. The zero-order valence-corrected chi connectivity index (χ0v) is 18.1. The van der Waals surface area contributed by atoms with Crippen molar-refractivity contribution in [2.24, 2.45) is 0 Å². The maximum Gasteiger partial charge on any atom is 0.258 e. The summed E-state index contributed by atoms with van der Waals surface area (Å²) in [6.07, 6.45) is 3.41. The molecule has 1 aromatic heterocycles. The van der Waals surface area contributed by atoms with E-state index in [0.29, 0.717) is 30.2 Å². The van der Waals surface area contributed by atoms with Crippen LogP contribution in [0.1, 0.15) is 24.8 Å². The first kappa shape index (κ1) is 21.6. The molecule has 0 aliphatic heterocycles. The zero-order chi connectivity index (χ0) is 22.2. The van der Waals surface area contributed by atoms with Gasteiger partial charge in [0.2, 0.25) is 5.88 Å². The van der Waals surface area contributed by atoms with Gasteiger partial charge in [-0.15, -0.1) is 0 Å². The number of ether oxygens (including phenoxy) is 2. The third kappa shape index (κ3) is 4.70. The number of pyridine rings is 1. The summed E-state index contributed by atoms with van der Waals surface area (Å²) in [7, 11) is 0. The summed E-state index contributed by atoms with van der Waals surface area (Å²) >= 11 is 11.5. The molecular formula is C21H20Cl2FN3O4. The van der Waals surface area contributed by atoms with Crippen molar-refractivity contribution in [1.29, 1.82) is 0 Å². The molecule has 164 valence electrons. The quantitative estimate of drug-likeness (QED) is 0.621. The number of benzene rings is 1. The summed E-state index contributed by atoms with van der Waals surface area (Å²) in [5.41, 5.74) is 0.181. The first-order valence-electron chi connectivity index (χ1n) is 9.63. The molecule has 0 saturated heterocycles. The molecule has 31 heavy (non-hydrogen) atoms. The Kier molecular flexibility index (Phi) is 5.70. The lowest BCUT2D eigenvalue weighted by atomic mass is 9.44. The van der Waals surface area contributed by atoms with E-state index in [9.17, 15) is 14.0 Å². The van der Waals surface area contributed by atoms with Gasteiger partial charge >= 0.3 is 0 Å². The lowest BCUT2D eigenvalue weighted by Crippen LogP contribution is -2.84. The molecule has 0 unspecified atom stereocenters. The van der Waals surface area contributed by atoms with Gasteiger partial charge in [0.1, 0.15) is 11.6 Å². The first-order chi connectivity index (χ1) is 14.7. The Morgan fingerprint density at radius 2 is 1.65 bits per heavy atom. The van der Waals surface area contributed by atoms with Gasteiger partial charge in [-0.2, -0.15) is 0 Å². The second-order valence-corrected chi connectivity index (χ2v) is 8.93. The normalized spacial score (nSPS) is 23.2. The van der Waals surface area contributed by atoms with Gasteiger partial charge in [0.25, 0.3) is 11.8 Å². The molecule has 1 heterocycles. The summed E-state index contributed by atoms with van der Waals surface area (Å²) in [4.78, 5) is 28.4. The minimum Gasteiger partial charge on any atom is -0.484 e. The molecule has 0 atom stereocenters. The maximum atomic E-state index is 13.4. The highest BCUT2D eigenvalue weighted by Crippen LogP contribution is 2.60. The van der Waals surface area contributed by atoms with Crippen LogP contribution in [0.4, 0.5) is 4.39 Å². The zero-order valence-electron chi connectivity index (χ0n) is 16.6. The first-order valence-corrected chi connectivity index (χ1v) is 10.4. The number of nitrogens with one attached hydrogen (secondary N) is 2. The van der Waals surface area contributed by atoms with Crippen LogP contribution in [-0.4, -0.2) is 41.1 Å². The van der Waals surface area contributed by atoms with E-state index in [1.54, 1.807) is 6.07 Å². The van der Waals surface area contributed by atoms with Crippen molar-refractivity contribution < 1.29 is 23.5 Å². The predicted molar refractivity (Wildman–Crippen MR) is 112 cm³/mol. The highest BCUT2D eigenvalue weighted by atomic mass is 35.5. The van der Waals surface area contributed by atoms with Crippen LogP contribution < -0.4 is 20.1 Å². The van der Waals surface area contributed by atoms with Gasteiger partial charge in [0.05, 0.1) is 10.0 Å². The topological polar surface area (TPSA) is 89.6 Å². The van der Waals surface area contributed by atoms with Crippen molar-refractivity contribution in [3.8, 4) is 11.6 Å². The summed E-state index contributed by atoms with van der Waals surface area (Å²) in [6.45, 7) is 1.44. The summed E-state index contributed by atoms with van der Waals surface area (Å²) in [6, 6.07) is 5.66. The Morgan fingerprint density at radius 3 is 2.23 bits per heavy atom.